The van der Waals surface area contributed by atoms with E-state index >= 15 is 0 Å². The summed E-state index contributed by atoms with van der Waals surface area (Å²) >= 11 is 1.29. The van der Waals surface area contributed by atoms with Crippen molar-refractivity contribution in [1.82, 2.24) is 14.6 Å². The van der Waals surface area contributed by atoms with Gasteiger partial charge in [-0.2, -0.15) is 4.37 Å². The highest BCUT2D eigenvalue weighted by Gasteiger charge is 2.26. The minimum atomic E-state index is -0.102. The predicted octanol–water partition coefficient (Wildman–Crippen LogP) is 2.47. The Bertz CT molecular complexity index is 844. The van der Waals surface area contributed by atoms with E-state index in [1.54, 1.807) is 14.2 Å². The number of likely N-dealkylation sites (tertiary alicyclic amines) is 1. The van der Waals surface area contributed by atoms with E-state index in [-0.39, 0.29) is 17.9 Å². The Kier molecular flexibility index (Phi) is 6.51. The van der Waals surface area contributed by atoms with Crippen LogP contribution in [0.5, 0.6) is 5.75 Å². The zero-order valence-electron chi connectivity index (χ0n) is 16.4. The van der Waals surface area contributed by atoms with E-state index in [1.807, 2.05) is 36.1 Å². The molecular weight excluding hydrogens is 376 g/mol. The molecule has 2 heterocycles. The number of ether oxygens (including phenoxy) is 1. The molecule has 1 aliphatic rings. The van der Waals surface area contributed by atoms with Gasteiger partial charge >= 0.3 is 0 Å². The number of carbonyl (C=O) groups is 2. The first-order valence-corrected chi connectivity index (χ1v) is 10.2. The summed E-state index contributed by atoms with van der Waals surface area (Å²) in [6.07, 6.45) is 1.82. The van der Waals surface area contributed by atoms with Crippen molar-refractivity contribution >= 4 is 28.3 Å². The average Bonchev–Trinajstić information content (AvgIpc) is 3.09. The summed E-state index contributed by atoms with van der Waals surface area (Å²) in [7, 11) is 3.40. The minimum Gasteiger partial charge on any atom is -0.496 e. The molecule has 0 saturated carbocycles. The van der Waals surface area contributed by atoms with Crippen LogP contribution in [0.1, 0.15) is 34.5 Å². The van der Waals surface area contributed by atoms with E-state index < -0.39 is 0 Å². The Balaban J connectivity index is 1.53. The van der Waals surface area contributed by atoms with Crippen LogP contribution < -0.4 is 15.4 Å². The SMILES string of the molecule is CNc1snc(C)c1C(=O)NC1CCN(C(=O)Cc2ccccc2OC)CC1. The number of aromatic nitrogens is 1. The number of piperidine rings is 1. The number of carbonyl (C=O) groups excluding carboxylic acids is 2. The summed E-state index contributed by atoms with van der Waals surface area (Å²) in [6.45, 7) is 3.11. The van der Waals surface area contributed by atoms with Gasteiger partial charge in [-0.3, -0.25) is 9.59 Å². The number of nitrogens with one attached hydrogen (secondary N) is 2. The molecule has 0 atom stereocenters. The van der Waals surface area contributed by atoms with Crippen molar-refractivity contribution in [1.29, 1.82) is 0 Å². The molecule has 7 nitrogen and oxygen atoms in total. The third-order valence-electron chi connectivity index (χ3n) is 5.03. The van der Waals surface area contributed by atoms with Crippen LogP contribution >= 0.6 is 11.5 Å². The van der Waals surface area contributed by atoms with Crippen molar-refractivity contribution in [2.45, 2.75) is 32.2 Å². The molecule has 1 fully saturated rings. The van der Waals surface area contributed by atoms with Crippen LogP contribution in [0.4, 0.5) is 5.00 Å². The fourth-order valence-corrected chi connectivity index (χ4v) is 4.20. The quantitative estimate of drug-likeness (QED) is 0.776. The maximum atomic E-state index is 12.6. The lowest BCUT2D eigenvalue weighted by Gasteiger charge is -2.32. The van der Waals surface area contributed by atoms with E-state index in [4.69, 9.17) is 4.74 Å². The van der Waals surface area contributed by atoms with Crippen LogP contribution in [-0.2, 0) is 11.2 Å². The van der Waals surface area contributed by atoms with Gasteiger partial charge in [0.15, 0.2) is 0 Å². The standard InChI is InChI=1S/C20H26N4O3S/c1-13-18(20(21-2)28-23-13)19(26)22-15-8-10-24(11-9-15)17(25)12-14-6-4-5-7-16(14)27-3/h4-7,15,21H,8-12H2,1-3H3,(H,22,26). The number of anilines is 1. The third kappa shape index (κ3) is 4.44. The molecule has 1 saturated heterocycles. The van der Waals surface area contributed by atoms with Gasteiger partial charge in [0.1, 0.15) is 10.8 Å². The number of nitrogens with zero attached hydrogens (tertiary/aromatic N) is 2. The molecule has 0 unspecified atom stereocenters. The molecule has 1 aliphatic heterocycles. The molecule has 28 heavy (non-hydrogen) atoms. The number of para-hydroxylation sites is 1. The van der Waals surface area contributed by atoms with Crippen LogP contribution in [0.3, 0.4) is 0 Å². The predicted molar refractivity (Wildman–Crippen MR) is 110 cm³/mol. The van der Waals surface area contributed by atoms with Crippen LogP contribution in [-0.4, -0.2) is 54.4 Å². The molecule has 0 bridgehead atoms. The summed E-state index contributed by atoms with van der Waals surface area (Å²) in [6, 6.07) is 7.65. The first-order chi connectivity index (χ1) is 13.5. The fourth-order valence-electron chi connectivity index (χ4n) is 3.46. The highest BCUT2D eigenvalue weighted by Crippen LogP contribution is 2.24. The van der Waals surface area contributed by atoms with Crippen molar-refractivity contribution in [3.63, 3.8) is 0 Å². The van der Waals surface area contributed by atoms with Gasteiger partial charge in [0.2, 0.25) is 5.91 Å². The van der Waals surface area contributed by atoms with Gasteiger partial charge in [-0.05, 0) is 37.4 Å². The monoisotopic (exact) mass is 402 g/mol. The number of benzene rings is 1. The second-order valence-electron chi connectivity index (χ2n) is 6.84. The van der Waals surface area contributed by atoms with E-state index in [0.29, 0.717) is 25.1 Å². The van der Waals surface area contributed by atoms with Gasteiger partial charge in [0, 0.05) is 31.7 Å². The zero-order chi connectivity index (χ0) is 20.1. The smallest absolute Gasteiger partial charge is 0.256 e. The highest BCUT2D eigenvalue weighted by atomic mass is 32.1. The lowest BCUT2D eigenvalue weighted by atomic mass is 10.0. The molecule has 0 radical (unpaired) electrons. The molecule has 0 aliphatic carbocycles. The van der Waals surface area contributed by atoms with Crippen molar-refractivity contribution in [2.24, 2.45) is 0 Å². The summed E-state index contributed by atoms with van der Waals surface area (Å²) < 4.78 is 9.58. The molecule has 2 amide bonds. The number of hydrogen-bond acceptors (Lipinski definition) is 6. The third-order valence-corrected chi connectivity index (χ3v) is 5.99. The topological polar surface area (TPSA) is 83.6 Å². The van der Waals surface area contributed by atoms with Gasteiger partial charge < -0.3 is 20.3 Å². The molecular formula is C20H26N4O3S. The Morgan fingerprint density at radius 1 is 1.29 bits per heavy atom. The maximum absolute atomic E-state index is 12.6. The van der Waals surface area contributed by atoms with Gasteiger partial charge in [0.05, 0.1) is 24.8 Å². The van der Waals surface area contributed by atoms with E-state index in [2.05, 4.69) is 15.0 Å². The zero-order valence-corrected chi connectivity index (χ0v) is 17.3. The van der Waals surface area contributed by atoms with E-state index in [0.717, 1.165) is 34.8 Å². The summed E-state index contributed by atoms with van der Waals surface area (Å²) in [4.78, 5) is 27.1. The Morgan fingerprint density at radius 2 is 2.00 bits per heavy atom. The Labute approximate surface area is 169 Å². The molecule has 2 N–H and O–H groups in total. The lowest BCUT2D eigenvalue weighted by molar-refractivity contribution is -0.131. The molecule has 150 valence electrons. The lowest BCUT2D eigenvalue weighted by Crippen LogP contribution is -2.47. The van der Waals surface area contributed by atoms with Crippen LogP contribution in [0.2, 0.25) is 0 Å². The minimum absolute atomic E-state index is 0.0619. The van der Waals surface area contributed by atoms with Crippen molar-refractivity contribution < 1.29 is 14.3 Å². The summed E-state index contributed by atoms with van der Waals surface area (Å²) in [5.41, 5.74) is 2.24. The molecule has 8 heteroatoms. The molecule has 1 aromatic carbocycles. The van der Waals surface area contributed by atoms with Crippen LogP contribution in [0.25, 0.3) is 0 Å². The van der Waals surface area contributed by atoms with Crippen molar-refractivity contribution in [3.8, 4) is 5.75 Å². The first-order valence-electron chi connectivity index (χ1n) is 9.38. The number of amides is 2. The second-order valence-corrected chi connectivity index (χ2v) is 7.61. The van der Waals surface area contributed by atoms with Gasteiger partial charge in [-0.15, -0.1) is 0 Å². The van der Waals surface area contributed by atoms with Crippen LogP contribution in [0, 0.1) is 6.92 Å². The first kappa shape index (κ1) is 20.1. The molecule has 0 spiro atoms. The molecule has 3 rings (SSSR count). The maximum Gasteiger partial charge on any atom is 0.256 e. The number of aryl methyl sites for hydroxylation is 1. The number of methoxy groups -OCH3 is 1. The van der Waals surface area contributed by atoms with Gasteiger partial charge in [-0.1, -0.05) is 18.2 Å². The van der Waals surface area contributed by atoms with E-state index in [1.165, 1.54) is 11.5 Å². The van der Waals surface area contributed by atoms with Gasteiger partial charge in [0.25, 0.3) is 5.91 Å². The van der Waals surface area contributed by atoms with Crippen molar-refractivity contribution in [3.05, 3.63) is 41.1 Å². The molecule has 2 aromatic rings. The van der Waals surface area contributed by atoms with Crippen molar-refractivity contribution in [2.75, 3.05) is 32.6 Å². The fraction of sp³-hybridized carbons (Fsp3) is 0.450. The normalized spacial score (nSPS) is 14.6. The second kappa shape index (κ2) is 9.05. The Morgan fingerprint density at radius 3 is 2.68 bits per heavy atom. The van der Waals surface area contributed by atoms with E-state index in [9.17, 15) is 9.59 Å². The average molecular weight is 403 g/mol. The van der Waals surface area contributed by atoms with Crippen LogP contribution in [0.15, 0.2) is 24.3 Å². The Hall–Kier alpha value is -2.61. The number of hydrogen-bond donors (Lipinski definition) is 2. The number of rotatable bonds is 6. The summed E-state index contributed by atoms with van der Waals surface area (Å²) in [5, 5.41) is 6.89. The van der Waals surface area contributed by atoms with Gasteiger partial charge in [-0.25, -0.2) is 0 Å². The largest absolute Gasteiger partial charge is 0.496 e. The molecule has 1 aromatic heterocycles. The summed E-state index contributed by atoms with van der Waals surface area (Å²) in [5.74, 6) is 0.720. The highest BCUT2D eigenvalue weighted by molar-refractivity contribution is 7.10.